The Morgan fingerprint density at radius 3 is 2.84 bits per heavy atom. The zero-order valence-electron chi connectivity index (χ0n) is 11.7. The molecule has 0 aliphatic carbocycles. The SMILES string of the molecule is CCc1n[nH]c(CN(C)Cc2cccc(SC)c2)n1. The second-order valence-corrected chi connectivity index (χ2v) is 5.46. The van der Waals surface area contributed by atoms with Gasteiger partial charge in [-0.3, -0.25) is 10.00 Å². The summed E-state index contributed by atoms with van der Waals surface area (Å²) in [5.41, 5.74) is 1.32. The molecular formula is C14H20N4S. The molecule has 4 nitrogen and oxygen atoms in total. The van der Waals surface area contributed by atoms with Crippen LogP contribution in [0.5, 0.6) is 0 Å². The number of hydrogen-bond acceptors (Lipinski definition) is 4. The van der Waals surface area contributed by atoms with Crippen LogP contribution in [-0.2, 0) is 19.5 Å². The lowest BCUT2D eigenvalue weighted by atomic mass is 10.2. The summed E-state index contributed by atoms with van der Waals surface area (Å²) >= 11 is 1.77. The fourth-order valence-electron chi connectivity index (χ4n) is 1.96. The van der Waals surface area contributed by atoms with E-state index in [9.17, 15) is 0 Å². The van der Waals surface area contributed by atoms with Gasteiger partial charge >= 0.3 is 0 Å². The molecule has 19 heavy (non-hydrogen) atoms. The van der Waals surface area contributed by atoms with Crippen LogP contribution in [0.15, 0.2) is 29.2 Å². The van der Waals surface area contributed by atoms with Gasteiger partial charge < -0.3 is 0 Å². The minimum absolute atomic E-state index is 0.788. The molecule has 0 unspecified atom stereocenters. The van der Waals surface area contributed by atoms with Crippen molar-refractivity contribution in [2.24, 2.45) is 0 Å². The van der Waals surface area contributed by atoms with Gasteiger partial charge in [-0.05, 0) is 31.0 Å². The molecule has 2 rings (SSSR count). The van der Waals surface area contributed by atoms with Crippen LogP contribution in [0.3, 0.4) is 0 Å². The number of H-pyrrole nitrogens is 1. The average molecular weight is 276 g/mol. The Kier molecular flexibility index (Phi) is 4.99. The molecule has 0 amide bonds. The summed E-state index contributed by atoms with van der Waals surface area (Å²) in [6, 6.07) is 8.64. The first kappa shape index (κ1) is 14.1. The van der Waals surface area contributed by atoms with Crippen molar-refractivity contribution in [3.05, 3.63) is 41.5 Å². The average Bonchev–Trinajstić information content (AvgIpc) is 2.86. The summed E-state index contributed by atoms with van der Waals surface area (Å²) in [6.45, 7) is 3.76. The summed E-state index contributed by atoms with van der Waals surface area (Å²) in [4.78, 5) is 7.97. The van der Waals surface area contributed by atoms with Gasteiger partial charge in [-0.25, -0.2) is 4.98 Å². The van der Waals surface area contributed by atoms with Crippen LogP contribution >= 0.6 is 11.8 Å². The molecule has 5 heteroatoms. The maximum atomic E-state index is 4.43. The van der Waals surface area contributed by atoms with Crippen molar-refractivity contribution < 1.29 is 0 Å². The molecule has 1 aromatic heterocycles. The Balaban J connectivity index is 1.94. The first-order chi connectivity index (χ1) is 9.21. The molecule has 102 valence electrons. The molecule has 1 aromatic carbocycles. The third-order valence-corrected chi connectivity index (χ3v) is 3.63. The van der Waals surface area contributed by atoms with E-state index in [1.54, 1.807) is 11.8 Å². The normalized spacial score (nSPS) is 11.2. The van der Waals surface area contributed by atoms with E-state index in [0.717, 1.165) is 31.2 Å². The number of hydrogen-bond donors (Lipinski definition) is 1. The molecule has 1 N–H and O–H groups in total. The zero-order chi connectivity index (χ0) is 13.7. The lowest BCUT2D eigenvalue weighted by molar-refractivity contribution is 0.311. The van der Waals surface area contributed by atoms with Crippen molar-refractivity contribution in [3.63, 3.8) is 0 Å². The molecule has 2 aromatic rings. The molecular weight excluding hydrogens is 256 g/mol. The van der Waals surface area contributed by atoms with Gasteiger partial charge in [0.05, 0.1) is 6.54 Å². The van der Waals surface area contributed by atoms with Crippen molar-refractivity contribution in [1.82, 2.24) is 20.1 Å². The van der Waals surface area contributed by atoms with Crippen LogP contribution in [0.2, 0.25) is 0 Å². The molecule has 0 bridgehead atoms. The van der Waals surface area contributed by atoms with Crippen molar-refractivity contribution in [2.45, 2.75) is 31.3 Å². The van der Waals surface area contributed by atoms with Gasteiger partial charge in [0.25, 0.3) is 0 Å². The minimum atomic E-state index is 0.788. The topological polar surface area (TPSA) is 44.8 Å². The van der Waals surface area contributed by atoms with Crippen LogP contribution in [0.1, 0.15) is 24.1 Å². The third kappa shape index (κ3) is 4.08. The summed E-state index contributed by atoms with van der Waals surface area (Å²) in [7, 11) is 2.10. The summed E-state index contributed by atoms with van der Waals surface area (Å²) in [5.74, 6) is 1.81. The fraction of sp³-hybridized carbons (Fsp3) is 0.429. The van der Waals surface area contributed by atoms with Crippen molar-refractivity contribution in [3.8, 4) is 0 Å². The highest BCUT2D eigenvalue weighted by Crippen LogP contribution is 2.17. The van der Waals surface area contributed by atoms with E-state index in [1.165, 1.54) is 10.5 Å². The first-order valence-corrected chi connectivity index (χ1v) is 7.65. The Hall–Kier alpha value is -1.33. The molecule has 0 spiro atoms. The molecule has 0 saturated heterocycles. The van der Waals surface area contributed by atoms with E-state index in [4.69, 9.17) is 0 Å². The fourth-order valence-corrected chi connectivity index (χ4v) is 2.44. The van der Waals surface area contributed by atoms with Crippen LogP contribution in [0.4, 0.5) is 0 Å². The second kappa shape index (κ2) is 6.73. The van der Waals surface area contributed by atoms with E-state index in [2.05, 4.69) is 64.6 Å². The molecule has 1 heterocycles. The summed E-state index contributed by atoms with van der Waals surface area (Å²) in [6.07, 6.45) is 2.97. The van der Waals surface area contributed by atoms with Gasteiger partial charge in [0.15, 0.2) is 0 Å². The van der Waals surface area contributed by atoms with Crippen molar-refractivity contribution >= 4 is 11.8 Å². The number of aromatic amines is 1. The summed E-state index contributed by atoms with van der Waals surface area (Å²) < 4.78 is 0. The van der Waals surface area contributed by atoms with Gasteiger partial charge in [-0.2, -0.15) is 5.10 Å². The van der Waals surface area contributed by atoms with Gasteiger partial charge in [0, 0.05) is 17.9 Å². The van der Waals surface area contributed by atoms with Gasteiger partial charge in [-0.1, -0.05) is 19.1 Å². The number of aryl methyl sites for hydroxylation is 1. The van der Waals surface area contributed by atoms with E-state index in [1.807, 2.05) is 0 Å². The van der Waals surface area contributed by atoms with Gasteiger partial charge in [0.2, 0.25) is 0 Å². The van der Waals surface area contributed by atoms with Crippen molar-refractivity contribution in [2.75, 3.05) is 13.3 Å². The highest BCUT2D eigenvalue weighted by Gasteiger charge is 2.06. The number of benzene rings is 1. The predicted molar refractivity (Wildman–Crippen MR) is 79.2 cm³/mol. The predicted octanol–water partition coefficient (Wildman–Crippen LogP) is 2.72. The molecule has 0 atom stereocenters. The number of thioether (sulfide) groups is 1. The van der Waals surface area contributed by atoms with E-state index in [0.29, 0.717) is 0 Å². The standard InChI is InChI=1S/C14H20N4S/c1-4-13-15-14(17-16-13)10-18(2)9-11-6-5-7-12(8-11)19-3/h5-8H,4,9-10H2,1-3H3,(H,15,16,17). The van der Waals surface area contributed by atoms with E-state index >= 15 is 0 Å². The van der Waals surface area contributed by atoms with Crippen LogP contribution in [0, 0.1) is 0 Å². The van der Waals surface area contributed by atoms with Crippen LogP contribution in [-0.4, -0.2) is 33.4 Å². The third-order valence-electron chi connectivity index (χ3n) is 2.90. The molecule has 0 fully saturated rings. The quantitative estimate of drug-likeness (QED) is 0.824. The lowest BCUT2D eigenvalue weighted by Crippen LogP contribution is -2.18. The highest BCUT2D eigenvalue weighted by molar-refractivity contribution is 7.98. The molecule has 0 radical (unpaired) electrons. The smallest absolute Gasteiger partial charge is 0.150 e. The van der Waals surface area contributed by atoms with Crippen LogP contribution < -0.4 is 0 Å². The van der Waals surface area contributed by atoms with Crippen molar-refractivity contribution in [1.29, 1.82) is 0 Å². The second-order valence-electron chi connectivity index (χ2n) is 4.58. The van der Waals surface area contributed by atoms with Crippen LogP contribution in [0.25, 0.3) is 0 Å². The number of nitrogens with one attached hydrogen (secondary N) is 1. The Morgan fingerprint density at radius 2 is 2.16 bits per heavy atom. The highest BCUT2D eigenvalue weighted by atomic mass is 32.2. The van der Waals surface area contributed by atoms with E-state index in [-0.39, 0.29) is 0 Å². The largest absolute Gasteiger partial charge is 0.295 e. The zero-order valence-corrected chi connectivity index (χ0v) is 12.5. The molecule has 0 aliphatic rings. The van der Waals surface area contributed by atoms with Gasteiger partial charge in [0.1, 0.15) is 11.6 Å². The Labute approximate surface area is 118 Å². The maximum Gasteiger partial charge on any atom is 0.150 e. The van der Waals surface area contributed by atoms with E-state index < -0.39 is 0 Å². The Bertz CT molecular complexity index is 524. The molecule has 0 aliphatic heterocycles. The summed E-state index contributed by atoms with van der Waals surface area (Å²) in [5, 5.41) is 7.15. The maximum absolute atomic E-state index is 4.43. The first-order valence-electron chi connectivity index (χ1n) is 6.43. The monoisotopic (exact) mass is 276 g/mol. The molecule has 0 saturated carbocycles. The number of aromatic nitrogens is 3. The Morgan fingerprint density at radius 1 is 1.32 bits per heavy atom. The van der Waals surface area contributed by atoms with Gasteiger partial charge in [-0.15, -0.1) is 11.8 Å². The number of rotatable bonds is 6. The minimum Gasteiger partial charge on any atom is -0.295 e. The lowest BCUT2D eigenvalue weighted by Gasteiger charge is -2.15. The number of nitrogens with zero attached hydrogens (tertiary/aromatic N) is 3.